The number of Topliss-reactive ketones (excluding diaryl/α,β-unsaturated/α-hetero) is 2. The van der Waals surface area contributed by atoms with Gasteiger partial charge >= 0.3 is 0 Å². The predicted molar refractivity (Wildman–Crippen MR) is 142 cm³/mol. The molecule has 4 aromatic rings. The molecule has 1 unspecified atom stereocenters. The molecular weight excluding hydrogens is 416 g/mol. The summed E-state index contributed by atoms with van der Waals surface area (Å²) in [5, 5.41) is 1.94. The van der Waals surface area contributed by atoms with Crippen molar-refractivity contribution in [2.75, 3.05) is 0 Å². The minimum absolute atomic E-state index is 0.0422. The molecule has 4 rings (SSSR count). The number of fused-ring (bicyclic) bond motifs is 1. The van der Waals surface area contributed by atoms with Gasteiger partial charge in [0.2, 0.25) is 0 Å². The van der Waals surface area contributed by atoms with Gasteiger partial charge in [-0.05, 0) is 83.0 Å². The third-order valence-electron chi connectivity index (χ3n) is 6.88. The van der Waals surface area contributed by atoms with Crippen LogP contribution >= 0.6 is 0 Å². The lowest BCUT2D eigenvalue weighted by molar-refractivity contribution is 0.0965. The van der Waals surface area contributed by atoms with Crippen LogP contribution in [-0.2, 0) is 0 Å². The quantitative estimate of drug-likeness (QED) is 0.277. The zero-order valence-electron chi connectivity index (χ0n) is 20.9. The van der Waals surface area contributed by atoms with Gasteiger partial charge < -0.3 is 0 Å². The van der Waals surface area contributed by atoms with Crippen molar-refractivity contribution in [1.82, 2.24) is 0 Å². The molecule has 4 aromatic carbocycles. The standard InChI is InChI=1S/C32H32O2/c1-19(2)24-11-13-30(20(3)15-24)31-14-12-25(16-21(31)4)22(5)32(34)29-10-9-27-17-26(23(6)33)7-8-28(27)18-29/h7-19,22H,1-6H3. The SMILES string of the molecule is CC(=O)c1ccc2cc(C(=O)C(C)c3ccc(-c4ccc(C(C)C)cc4C)c(C)c3)ccc2c1. The number of carbonyl (C=O) groups excluding carboxylic acids is 2. The zero-order chi connectivity index (χ0) is 24.6. The van der Waals surface area contributed by atoms with E-state index in [1.807, 2.05) is 43.3 Å². The Hall–Kier alpha value is -3.52. The van der Waals surface area contributed by atoms with Crippen molar-refractivity contribution >= 4 is 22.3 Å². The van der Waals surface area contributed by atoms with E-state index in [9.17, 15) is 9.59 Å². The minimum Gasteiger partial charge on any atom is -0.295 e. The molecule has 0 aliphatic rings. The summed E-state index contributed by atoms with van der Waals surface area (Å²) >= 11 is 0. The number of rotatable bonds is 6. The highest BCUT2D eigenvalue weighted by atomic mass is 16.1. The Balaban J connectivity index is 1.61. The van der Waals surface area contributed by atoms with Crippen LogP contribution in [0.1, 0.15) is 82.5 Å². The predicted octanol–water partition coefficient (Wildman–Crippen LogP) is 8.44. The summed E-state index contributed by atoms with van der Waals surface area (Å²) in [7, 11) is 0. The molecule has 0 aromatic heterocycles. The fourth-order valence-electron chi connectivity index (χ4n) is 4.63. The highest BCUT2D eigenvalue weighted by molar-refractivity contribution is 6.05. The van der Waals surface area contributed by atoms with E-state index in [2.05, 4.69) is 64.1 Å². The Morgan fingerprint density at radius 3 is 1.65 bits per heavy atom. The summed E-state index contributed by atoms with van der Waals surface area (Å²) in [6.45, 7) is 12.3. The van der Waals surface area contributed by atoms with Gasteiger partial charge in [0.05, 0.1) is 0 Å². The summed E-state index contributed by atoms with van der Waals surface area (Å²) < 4.78 is 0. The van der Waals surface area contributed by atoms with E-state index in [4.69, 9.17) is 0 Å². The summed E-state index contributed by atoms with van der Waals surface area (Å²) in [4.78, 5) is 25.0. The molecule has 0 spiro atoms. The molecule has 172 valence electrons. The Morgan fingerprint density at radius 2 is 1.12 bits per heavy atom. The molecule has 0 bridgehead atoms. The highest BCUT2D eigenvalue weighted by Crippen LogP contribution is 2.32. The van der Waals surface area contributed by atoms with Crippen molar-refractivity contribution in [1.29, 1.82) is 0 Å². The molecule has 0 heterocycles. The molecule has 0 aliphatic carbocycles. The Morgan fingerprint density at radius 1 is 0.618 bits per heavy atom. The summed E-state index contributed by atoms with van der Waals surface area (Å²) in [5.41, 5.74) is 8.65. The smallest absolute Gasteiger partial charge is 0.170 e. The van der Waals surface area contributed by atoms with Crippen LogP contribution in [0.15, 0.2) is 72.8 Å². The van der Waals surface area contributed by atoms with E-state index < -0.39 is 0 Å². The topological polar surface area (TPSA) is 34.1 Å². The first kappa shape index (κ1) is 23.6. The van der Waals surface area contributed by atoms with Gasteiger partial charge in [-0.15, -0.1) is 0 Å². The van der Waals surface area contributed by atoms with Crippen LogP contribution in [-0.4, -0.2) is 11.6 Å². The number of benzene rings is 4. The van der Waals surface area contributed by atoms with Crippen LogP contribution in [0.2, 0.25) is 0 Å². The largest absolute Gasteiger partial charge is 0.295 e. The second-order valence-electron chi connectivity index (χ2n) is 9.72. The second kappa shape index (κ2) is 9.38. The first-order chi connectivity index (χ1) is 16.2. The van der Waals surface area contributed by atoms with Crippen LogP contribution < -0.4 is 0 Å². The highest BCUT2D eigenvalue weighted by Gasteiger charge is 2.19. The van der Waals surface area contributed by atoms with Crippen LogP contribution in [0.25, 0.3) is 21.9 Å². The maximum Gasteiger partial charge on any atom is 0.170 e. The maximum atomic E-state index is 13.3. The molecule has 0 saturated carbocycles. The second-order valence-corrected chi connectivity index (χ2v) is 9.72. The molecule has 2 heteroatoms. The van der Waals surface area contributed by atoms with Gasteiger partial charge in [0.15, 0.2) is 11.6 Å². The van der Waals surface area contributed by atoms with Gasteiger partial charge in [-0.1, -0.05) is 81.4 Å². The summed E-state index contributed by atoms with van der Waals surface area (Å²) in [6.07, 6.45) is 0. The van der Waals surface area contributed by atoms with Crippen molar-refractivity contribution in [2.45, 2.75) is 53.4 Å². The molecule has 1 atom stereocenters. The number of aryl methyl sites for hydroxylation is 2. The number of carbonyl (C=O) groups is 2. The van der Waals surface area contributed by atoms with Crippen molar-refractivity contribution in [2.24, 2.45) is 0 Å². The fraction of sp³-hybridized carbons (Fsp3) is 0.250. The normalized spacial score (nSPS) is 12.2. The average molecular weight is 449 g/mol. The molecule has 34 heavy (non-hydrogen) atoms. The summed E-state index contributed by atoms with van der Waals surface area (Å²) in [5.74, 6) is 0.406. The average Bonchev–Trinajstić information content (AvgIpc) is 2.82. The molecule has 0 amide bonds. The molecule has 0 fully saturated rings. The molecule has 0 N–H and O–H groups in total. The number of ketones is 2. The molecular formula is C32H32O2. The molecule has 0 aliphatic heterocycles. The molecule has 0 saturated heterocycles. The third kappa shape index (κ3) is 4.59. The van der Waals surface area contributed by atoms with Gasteiger partial charge in [0.25, 0.3) is 0 Å². The fourth-order valence-corrected chi connectivity index (χ4v) is 4.63. The lowest BCUT2D eigenvalue weighted by Crippen LogP contribution is -2.10. The van der Waals surface area contributed by atoms with Crippen LogP contribution in [0.3, 0.4) is 0 Å². The van der Waals surface area contributed by atoms with E-state index in [-0.39, 0.29) is 17.5 Å². The van der Waals surface area contributed by atoms with Gasteiger partial charge in [-0.2, -0.15) is 0 Å². The van der Waals surface area contributed by atoms with Crippen LogP contribution in [0.5, 0.6) is 0 Å². The lowest BCUT2D eigenvalue weighted by Gasteiger charge is -2.16. The van der Waals surface area contributed by atoms with Crippen LogP contribution in [0, 0.1) is 13.8 Å². The van der Waals surface area contributed by atoms with E-state index in [0.717, 1.165) is 16.3 Å². The van der Waals surface area contributed by atoms with Crippen LogP contribution in [0.4, 0.5) is 0 Å². The van der Waals surface area contributed by atoms with E-state index in [1.165, 1.54) is 27.8 Å². The zero-order valence-corrected chi connectivity index (χ0v) is 20.9. The Bertz CT molecular complexity index is 1410. The van der Waals surface area contributed by atoms with E-state index in [1.54, 1.807) is 6.92 Å². The van der Waals surface area contributed by atoms with Gasteiger partial charge in [-0.3, -0.25) is 9.59 Å². The van der Waals surface area contributed by atoms with Crippen molar-refractivity contribution in [3.05, 3.63) is 106 Å². The summed E-state index contributed by atoms with van der Waals surface area (Å²) in [6, 6.07) is 24.4. The number of hydrogen-bond acceptors (Lipinski definition) is 2. The first-order valence-corrected chi connectivity index (χ1v) is 12.0. The van der Waals surface area contributed by atoms with Crippen molar-refractivity contribution < 1.29 is 9.59 Å². The monoisotopic (exact) mass is 448 g/mol. The first-order valence-electron chi connectivity index (χ1n) is 12.0. The Kier molecular flexibility index (Phi) is 6.52. The van der Waals surface area contributed by atoms with Gasteiger partial charge in [0.1, 0.15) is 0 Å². The molecule has 2 nitrogen and oxygen atoms in total. The number of hydrogen-bond donors (Lipinski definition) is 0. The van der Waals surface area contributed by atoms with E-state index in [0.29, 0.717) is 17.0 Å². The Labute approximate surface area is 202 Å². The minimum atomic E-state index is -0.244. The lowest BCUT2D eigenvalue weighted by atomic mass is 9.87. The third-order valence-corrected chi connectivity index (χ3v) is 6.88. The van der Waals surface area contributed by atoms with Crippen molar-refractivity contribution in [3.8, 4) is 11.1 Å². The molecule has 0 radical (unpaired) electrons. The van der Waals surface area contributed by atoms with E-state index >= 15 is 0 Å². The van der Waals surface area contributed by atoms with Crippen molar-refractivity contribution in [3.63, 3.8) is 0 Å². The van der Waals surface area contributed by atoms with Gasteiger partial charge in [0, 0.05) is 17.0 Å². The maximum absolute atomic E-state index is 13.3. The van der Waals surface area contributed by atoms with Gasteiger partial charge in [-0.25, -0.2) is 0 Å².